The zero-order valence-electron chi connectivity index (χ0n) is 11.7. The number of rotatable bonds is 8. The Morgan fingerprint density at radius 1 is 1.14 bits per heavy atom. The van der Waals surface area contributed by atoms with Gasteiger partial charge in [0.1, 0.15) is 12.7 Å². The molecule has 0 saturated carbocycles. The summed E-state index contributed by atoms with van der Waals surface area (Å²) < 4.78 is 58.5. The SMILES string of the molecule is CS(=O)(=O)OC[C@@H](COc1cccc(Cl)c1O)OS(C)(=O)=O. The molecule has 126 valence electrons. The summed E-state index contributed by atoms with van der Waals surface area (Å²) in [6, 6.07) is 4.34. The molecule has 0 fully saturated rings. The van der Waals surface area contributed by atoms with Crippen LogP contribution in [0, 0.1) is 0 Å². The molecule has 1 N–H and O–H groups in total. The monoisotopic (exact) mass is 374 g/mol. The normalized spacial score (nSPS) is 13.8. The average molecular weight is 375 g/mol. The van der Waals surface area contributed by atoms with Crippen molar-refractivity contribution in [2.75, 3.05) is 25.7 Å². The van der Waals surface area contributed by atoms with Crippen molar-refractivity contribution in [1.29, 1.82) is 0 Å². The van der Waals surface area contributed by atoms with Crippen LogP contribution < -0.4 is 4.74 Å². The predicted molar refractivity (Wildman–Crippen MR) is 79.1 cm³/mol. The lowest BCUT2D eigenvalue weighted by Crippen LogP contribution is -2.30. The maximum atomic E-state index is 11.1. The van der Waals surface area contributed by atoms with Gasteiger partial charge in [-0.2, -0.15) is 16.8 Å². The van der Waals surface area contributed by atoms with Gasteiger partial charge in [0.25, 0.3) is 20.2 Å². The summed E-state index contributed by atoms with van der Waals surface area (Å²) >= 11 is 5.70. The summed E-state index contributed by atoms with van der Waals surface area (Å²) in [5.74, 6) is -0.333. The molecule has 11 heteroatoms. The van der Waals surface area contributed by atoms with Gasteiger partial charge >= 0.3 is 0 Å². The van der Waals surface area contributed by atoms with Crippen LogP contribution in [0.1, 0.15) is 0 Å². The fourth-order valence-electron chi connectivity index (χ4n) is 1.35. The van der Waals surface area contributed by atoms with E-state index >= 15 is 0 Å². The second-order valence-electron chi connectivity index (χ2n) is 4.31. The first-order valence-corrected chi connectivity index (χ1v) is 9.82. The Bertz CT molecular complexity index is 714. The van der Waals surface area contributed by atoms with Crippen molar-refractivity contribution in [2.24, 2.45) is 0 Å². The van der Waals surface area contributed by atoms with E-state index in [0.29, 0.717) is 0 Å². The molecule has 0 spiro atoms. The van der Waals surface area contributed by atoms with E-state index in [1.807, 2.05) is 0 Å². The first-order valence-electron chi connectivity index (χ1n) is 5.81. The Morgan fingerprint density at radius 2 is 1.77 bits per heavy atom. The molecular formula is C11H15ClO8S2. The summed E-state index contributed by atoms with van der Waals surface area (Å²) in [4.78, 5) is 0. The van der Waals surface area contributed by atoms with Crippen molar-refractivity contribution in [3.63, 3.8) is 0 Å². The number of aromatic hydroxyl groups is 1. The highest BCUT2D eigenvalue weighted by atomic mass is 35.5. The van der Waals surface area contributed by atoms with Gasteiger partial charge in [-0.3, -0.25) is 8.37 Å². The third-order valence-electron chi connectivity index (χ3n) is 2.15. The third-order valence-corrected chi connectivity index (χ3v) is 3.64. The quantitative estimate of drug-likeness (QED) is 0.662. The Balaban J connectivity index is 2.77. The Kier molecular flexibility index (Phi) is 6.44. The Labute approximate surface area is 133 Å². The molecule has 0 unspecified atom stereocenters. The lowest BCUT2D eigenvalue weighted by Gasteiger charge is -2.17. The zero-order chi connectivity index (χ0) is 17.0. The maximum absolute atomic E-state index is 11.1. The van der Waals surface area contributed by atoms with Crippen LogP contribution >= 0.6 is 11.6 Å². The number of phenolic OH excluding ortho intramolecular Hbond substituents is 1. The summed E-state index contributed by atoms with van der Waals surface area (Å²) in [5, 5.41) is 9.71. The molecule has 0 aliphatic heterocycles. The summed E-state index contributed by atoms with van der Waals surface area (Å²) in [5.41, 5.74) is 0. The van der Waals surface area contributed by atoms with E-state index in [9.17, 15) is 21.9 Å². The van der Waals surface area contributed by atoms with E-state index in [-0.39, 0.29) is 23.1 Å². The molecule has 0 aliphatic rings. The van der Waals surface area contributed by atoms with Gasteiger partial charge in [-0.05, 0) is 12.1 Å². The lowest BCUT2D eigenvalue weighted by molar-refractivity contribution is 0.0885. The van der Waals surface area contributed by atoms with Gasteiger partial charge in [0, 0.05) is 0 Å². The molecule has 0 amide bonds. The molecule has 1 atom stereocenters. The topological polar surface area (TPSA) is 116 Å². The summed E-state index contributed by atoms with van der Waals surface area (Å²) in [6.45, 7) is -0.941. The van der Waals surface area contributed by atoms with Crippen molar-refractivity contribution in [3.05, 3.63) is 23.2 Å². The highest BCUT2D eigenvalue weighted by Crippen LogP contribution is 2.33. The van der Waals surface area contributed by atoms with Gasteiger partial charge < -0.3 is 9.84 Å². The minimum Gasteiger partial charge on any atom is -0.503 e. The van der Waals surface area contributed by atoms with Gasteiger partial charge in [0.2, 0.25) is 0 Å². The van der Waals surface area contributed by atoms with Crippen LogP contribution in [0.25, 0.3) is 0 Å². The summed E-state index contributed by atoms with van der Waals surface area (Å²) in [7, 11) is -7.63. The lowest BCUT2D eigenvalue weighted by atomic mass is 10.3. The minimum atomic E-state index is -3.86. The number of benzene rings is 1. The Hall–Kier alpha value is -1.07. The number of hydrogen-bond donors (Lipinski definition) is 1. The first kappa shape index (κ1) is 19.0. The number of hydrogen-bond acceptors (Lipinski definition) is 8. The summed E-state index contributed by atoms with van der Waals surface area (Å²) in [6.07, 6.45) is 0.397. The van der Waals surface area contributed by atoms with E-state index in [1.54, 1.807) is 0 Å². The highest BCUT2D eigenvalue weighted by Gasteiger charge is 2.20. The standard InChI is InChI=1S/C11H15ClO8S2/c1-21(14,15)19-7-8(20-22(2,16)17)6-18-10-5-3-4-9(12)11(10)13/h3-5,8,13H,6-7H2,1-2H3/t8-/m1/s1. The van der Waals surface area contributed by atoms with Gasteiger partial charge in [0.05, 0.1) is 24.1 Å². The van der Waals surface area contributed by atoms with Gasteiger partial charge in [-0.1, -0.05) is 17.7 Å². The smallest absolute Gasteiger partial charge is 0.264 e. The highest BCUT2D eigenvalue weighted by molar-refractivity contribution is 7.86. The molecule has 22 heavy (non-hydrogen) atoms. The van der Waals surface area contributed by atoms with Crippen molar-refractivity contribution < 1.29 is 35.0 Å². The number of para-hydroxylation sites is 1. The predicted octanol–water partition coefficient (Wildman–Crippen LogP) is 0.745. The van der Waals surface area contributed by atoms with Crippen LogP contribution in [0.5, 0.6) is 11.5 Å². The van der Waals surface area contributed by atoms with Crippen LogP contribution in [-0.4, -0.2) is 53.8 Å². The maximum Gasteiger partial charge on any atom is 0.264 e. The molecule has 0 aliphatic carbocycles. The van der Waals surface area contributed by atoms with Gasteiger partial charge in [-0.15, -0.1) is 0 Å². The van der Waals surface area contributed by atoms with E-state index in [2.05, 4.69) is 8.37 Å². The van der Waals surface area contributed by atoms with E-state index in [0.717, 1.165) is 12.5 Å². The second-order valence-corrected chi connectivity index (χ2v) is 7.96. The fourth-order valence-corrected chi connectivity index (χ4v) is 2.52. The second kappa shape index (κ2) is 7.47. The minimum absolute atomic E-state index is 0.00560. The number of halogens is 1. The number of phenols is 1. The molecule has 0 bridgehead atoms. The molecule has 0 aromatic heterocycles. The fraction of sp³-hybridized carbons (Fsp3) is 0.455. The van der Waals surface area contributed by atoms with Gasteiger partial charge in [0.15, 0.2) is 11.5 Å². The molecule has 0 heterocycles. The molecule has 1 aromatic rings. The number of ether oxygens (including phenoxy) is 1. The van der Waals surface area contributed by atoms with Crippen molar-refractivity contribution >= 4 is 31.8 Å². The largest absolute Gasteiger partial charge is 0.503 e. The molecule has 8 nitrogen and oxygen atoms in total. The van der Waals surface area contributed by atoms with Crippen molar-refractivity contribution in [1.82, 2.24) is 0 Å². The van der Waals surface area contributed by atoms with Crippen LogP contribution in [-0.2, 0) is 28.6 Å². The molecule has 0 saturated heterocycles. The van der Waals surface area contributed by atoms with Crippen LogP contribution in [0.15, 0.2) is 18.2 Å². The molecule has 0 radical (unpaired) electrons. The first-order chi connectivity index (χ1) is 9.98. The van der Waals surface area contributed by atoms with Crippen LogP contribution in [0.2, 0.25) is 5.02 Å². The van der Waals surface area contributed by atoms with E-state index < -0.39 is 32.9 Å². The molecule has 1 rings (SSSR count). The van der Waals surface area contributed by atoms with Crippen LogP contribution in [0.3, 0.4) is 0 Å². The van der Waals surface area contributed by atoms with E-state index in [1.165, 1.54) is 18.2 Å². The molecule has 1 aromatic carbocycles. The molecular weight excluding hydrogens is 360 g/mol. The zero-order valence-corrected chi connectivity index (χ0v) is 14.1. The van der Waals surface area contributed by atoms with Crippen molar-refractivity contribution in [3.8, 4) is 11.5 Å². The van der Waals surface area contributed by atoms with Crippen LogP contribution in [0.4, 0.5) is 0 Å². The average Bonchev–Trinajstić information content (AvgIpc) is 2.35. The Morgan fingerprint density at radius 3 is 2.32 bits per heavy atom. The third kappa shape index (κ3) is 7.27. The van der Waals surface area contributed by atoms with E-state index in [4.69, 9.17) is 16.3 Å². The van der Waals surface area contributed by atoms with Crippen molar-refractivity contribution in [2.45, 2.75) is 6.10 Å². The van der Waals surface area contributed by atoms with Gasteiger partial charge in [-0.25, -0.2) is 0 Å².